The SMILES string of the molecule is CC(C)(C)OC(=O)CCc1cc(C(=O)O)ccc1N. The summed E-state index contributed by atoms with van der Waals surface area (Å²) in [5.41, 5.74) is 6.52. The molecule has 19 heavy (non-hydrogen) atoms. The Morgan fingerprint density at radius 2 is 1.95 bits per heavy atom. The van der Waals surface area contributed by atoms with Crippen molar-refractivity contribution in [1.82, 2.24) is 0 Å². The molecule has 0 aliphatic heterocycles. The lowest BCUT2D eigenvalue weighted by atomic mass is 10.0. The highest BCUT2D eigenvalue weighted by Gasteiger charge is 2.16. The maximum atomic E-state index is 11.6. The first kappa shape index (κ1) is 15.0. The Bertz CT molecular complexity index is 489. The Hall–Kier alpha value is -2.04. The van der Waals surface area contributed by atoms with Crippen molar-refractivity contribution in [2.75, 3.05) is 5.73 Å². The standard InChI is InChI=1S/C14H19NO4/c1-14(2,3)19-12(16)7-5-9-8-10(13(17)18)4-6-11(9)15/h4,6,8H,5,7,15H2,1-3H3,(H,17,18). The van der Waals surface area contributed by atoms with Crippen molar-refractivity contribution < 1.29 is 19.4 Å². The number of anilines is 1. The van der Waals surface area contributed by atoms with Crippen LogP contribution in [0.3, 0.4) is 0 Å². The van der Waals surface area contributed by atoms with Crippen molar-refractivity contribution in [1.29, 1.82) is 0 Å². The summed E-state index contributed by atoms with van der Waals surface area (Å²) in [6.07, 6.45) is 0.534. The average Bonchev–Trinajstić information content (AvgIpc) is 2.25. The van der Waals surface area contributed by atoms with Gasteiger partial charge in [0.1, 0.15) is 5.60 Å². The molecule has 0 spiro atoms. The van der Waals surface area contributed by atoms with Gasteiger partial charge in [-0.15, -0.1) is 0 Å². The molecule has 1 aromatic rings. The molecule has 0 saturated heterocycles. The number of carboxylic acids is 1. The lowest BCUT2D eigenvalue weighted by Crippen LogP contribution is -2.24. The van der Waals surface area contributed by atoms with Gasteiger partial charge in [-0.1, -0.05) is 0 Å². The van der Waals surface area contributed by atoms with E-state index in [0.29, 0.717) is 17.7 Å². The summed E-state index contributed by atoms with van der Waals surface area (Å²) in [7, 11) is 0. The van der Waals surface area contributed by atoms with Crippen LogP contribution in [0.25, 0.3) is 0 Å². The summed E-state index contributed by atoms with van der Waals surface area (Å²) in [5, 5.41) is 8.90. The van der Waals surface area contributed by atoms with Crippen molar-refractivity contribution in [2.45, 2.75) is 39.2 Å². The molecule has 0 saturated carbocycles. The largest absolute Gasteiger partial charge is 0.478 e. The summed E-state index contributed by atoms with van der Waals surface area (Å²) >= 11 is 0. The molecule has 0 unspecified atom stereocenters. The Labute approximate surface area is 112 Å². The first-order chi connectivity index (χ1) is 8.69. The third-order valence-corrected chi connectivity index (χ3v) is 2.41. The molecule has 3 N–H and O–H groups in total. The van der Waals surface area contributed by atoms with Crippen LogP contribution in [0.2, 0.25) is 0 Å². The van der Waals surface area contributed by atoms with E-state index in [9.17, 15) is 9.59 Å². The zero-order chi connectivity index (χ0) is 14.6. The summed E-state index contributed by atoms with van der Waals surface area (Å²) < 4.78 is 5.18. The van der Waals surface area contributed by atoms with Crippen LogP contribution in [-0.4, -0.2) is 22.6 Å². The number of nitrogens with two attached hydrogens (primary N) is 1. The summed E-state index contributed by atoms with van der Waals surface area (Å²) in [6, 6.07) is 4.46. The monoisotopic (exact) mass is 265 g/mol. The Morgan fingerprint density at radius 1 is 1.32 bits per heavy atom. The normalized spacial score (nSPS) is 11.1. The van der Waals surface area contributed by atoms with Crippen LogP contribution in [0.5, 0.6) is 0 Å². The van der Waals surface area contributed by atoms with E-state index >= 15 is 0 Å². The lowest BCUT2D eigenvalue weighted by Gasteiger charge is -2.19. The van der Waals surface area contributed by atoms with Crippen molar-refractivity contribution in [3.63, 3.8) is 0 Å². The van der Waals surface area contributed by atoms with Gasteiger partial charge in [-0.3, -0.25) is 4.79 Å². The molecule has 0 aliphatic rings. The smallest absolute Gasteiger partial charge is 0.335 e. The van der Waals surface area contributed by atoms with E-state index in [-0.39, 0.29) is 18.0 Å². The first-order valence-corrected chi connectivity index (χ1v) is 6.02. The van der Waals surface area contributed by atoms with Gasteiger partial charge in [0, 0.05) is 12.1 Å². The van der Waals surface area contributed by atoms with Crippen molar-refractivity contribution in [3.8, 4) is 0 Å². The quantitative estimate of drug-likeness (QED) is 0.643. The number of carbonyl (C=O) groups is 2. The van der Waals surface area contributed by atoms with Gasteiger partial charge in [-0.2, -0.15) is 0 Å². The topological polar surface area (TPSA) is 89.6 Å². The highest BCUT2D eigenvalue weighted by molar-refractivity contribution is 5.88. The number of hydrogen-bond acceptors (Lipinski definition) is 4. The number of aryl methyl sites for hydroxylation is 1. The third-order valence-electron chi connectivity index (χ3n) is 2.41. The minimum Gasteiger partial charge on any atom is -0.478 e. The van der Waals surface area contributed by atoms with Gasteiger partial charge in [0.25, 0.3) is 0 Å². The van der Waals surface area contributed by atoms with E-state index in [1.54, 1.807) is 20.8 Å². The Kier molecular flexibility index (Phi) is 4.53. The molecule has 0 aromatic heterocycles. The number of aromatic carboxylic acids is 1. The van der Waals surface area contributed by atoms with Crippen molar-refractivity contribution in [3.05, 3.63) is 29.3 Å². The van der Waals surface area contributed by atoms with E-state index in [2.05, 4.69) is 0 Å². The zero-order valence-corrected chi connectivity index (χ0v) is 11.4. The molecule has 0 heterocycles. The van der Waals surface area contributed by atoms with Crippen LogP contribution >= 0.6 is 0 Å². The maximum absolute atomic E-state index is 11.6. The van der Waals surface area contributed by atoms with Gasteiger partial charge in [-0.05, 0) is 51.0 Å². The molecular weight excluding hydrogens is 246 g/mol. The molecule has 0 aliphatic carbocycles. The maximum Gasteiger partial charge on any atom is 0.335 e. The second kappa shape index (κ2) is 5.73. The van der Waals surface area contributed by atoms with Gasteiger partial charge in [-0.25, -0.2) is 4.79 Å². The molecular formula is C14H19NO4. The highest BCUT2D eigenvalue weighted by atomic mass is 16.6. The molecule has 0 amide bonds. The number of carboxylic acid groups (broad SMARTS) is 1. The Morgan fingerprint density at radius 3 is 2.47 bits per heavy atom. The summed E-state index contributed by atoms with van der Waals surface area (Å²) in [5.74, 6) is -1.34. The molecule has 5 heteroatoms. The first-order valence-electron chi connectivity index (χ1n) is 6.02. The van der Waals surface area contributed by atoms with Crippen LogP contribution < -0.4 is 5.73 Å². The van der Waals surface area contributed by atoms with Crippen LogP contribution in [-0.2, 0) is 16.0 Å². The molecule has 1 rings (SSSR count). The van der Waals surface area contributed by atoms with E-state index < -0.39 is 11.6 Å². The van der Waals surface area contributed by atoms with E-state index in [1.807, 2.05) is 0 Å². The Balaban J connectivity index is 2.70. The summed E-state index contributed by atoms with van der Waals surface area (Å²) in [4.78, 5) is 22.4. The van der Waals surface area contributed by atoms with Crippen LogP contribution in [0, 0.1) is 0 Å². The average molecular weight is 265 g/mol. The van der Waals surface area contributed by atoms with E-state index in [1.165, 1.54) is 18.2 Å². The minimum atomic E-state index is -1.02. The second-order valence-corrected chi connectivity index (χ2v) is 5.31. The van der Waals surface area contributed by atoms with Gasteiger partial charge >= 0.3 is 11.9 Å². The lowest BCUT2D eigenvalue weighted by molar-refractivity contribution is -0.154. The zero-order valence-electron chi connectivity index (χ0n) is 11.4. The fraction of sp³-hybridized carbons (Fsp3) is 0.429. The van der Waals surface area contributed by atoms with Gasteiger partial charge in [0.05, 0.1) is 5.56 Å². The predicted octanol–water partition coefficient (Wildman–Crippen LogP) is 2.24. The molecule has 104 valence electrons. The number of ether oxygens (including phenoxy) is 1. The minimum absolute atomic E-state index is 0.161. The van der Waals surface area contributed by atoms with E-state index in [4.69, 9.17) is 15.6 Å². The molecule has 0 bridgehead atoms. The number of carbonyl (C=O) groups excluding carboxylic acids is 1. The fourth-order valence-electron chi connectivity index (χ4n) is 1.58. The van der Waals surface area contributed by atoms with Gasteiger partial charge < -0.3 is 15.6 Å². The predicted molar refractivity (Wildman–Crippen MR) is 72.0 cm³/mol. The number of rotatable bonds is 4. The van der Waals surface area contributed by atoms with Crippen LogP contribution in [0.15, 0.2) is 18.2 Å². The van der Waals surface area contributed by atoms with Crippen molar-refractivity contribution in [2.24, 2.45) is 0 Å². The molecule has 5 nitrogen and oxygen atoms in total. The van der Waals surface area contributed by atoms with Crippen LogP contribution in [0.4, 0.5) is 5.69 Å². The highest BCUT2D eigenvalue weighted by Crippen LogP contribution is 2.17. The second-order valence-electron chi connectivity index (χ2n) is 5.31. The molecule has 1 aromatic carbocycles. The number of esters is 1. The van der Waals surface area contributed by atoms with Crippen molar-refractivity contribution >= 4 is 17.6 Å². The number of hydrogen-bond donors (Lipinski definition) is 2. The third kappa shape index (κ3) is 4.99. The van der Waals surface area contributed by atoms with Crippen LogP contribution in [0.1, 0.15) is 43.1 Å². The fourth-order valence-corrected chi connectivity index (χ4v) is 1.58. The molecule has 0 fully saturated rings. The summed E-state index contributed by atoms with van der Waals surface area (Å²) in [6.45, 7) is 5.39. The molecule has 0 atom stereocenters. The van der Waals surface area contributed by atoms with Gasteiger partial charge in [0.2, 0.25) is 0 Å². The van der Waals surface area contributed by atoms with E-state index in [0.717, 1.165) is 0 Å². The van der Waals surface area contributed by atoms with Gasteiger partial charge in [0.15, 0.2) is 0 Å². The molecule has 0 radical (unpaired) electrons. The number of benzene rings is 1. The number of nitrogen functional groups attached to an aromatic ring is 1.